The predicted molar refractivity (Wildman–Crippen MR) is 77.4 cm³/mol. The number of nitrogens with zero attached hydrogens (tertiary/aromatic N) is 3. The Morgan fingerprint density at radius 3 is 2.58 bits per heavy atom. The van der Waals surface area contributed by atoms with E-state index in [4.69, 9.17) is 11.6 Å². The largest absolute Gasteiger partial charge is 0.349 e. The molecule has 0 aliphatic heterocycles. The molecule has 19 heavy (non-hydrogen) atoms. The Hall–Kier alpha value is -1.68. The molecular weight excluding hydrogens is 260 g/mol. The minimum Gasteiger partial charge on any atom is -0.349 e. The van der Waals surface area contributed by atoms with Crippen LogP contribution in [-0.4, -0.2) is 15.2 Å². The molecule has 0 atom stereocenters. The fraction of sp³-hybridized carbons (Fsp3) is 0.357. The predicted octanol–water partition coefficient (Wildman–Crippen LogP) is 3.26. The SMILES string of the molecule is CCc1nnc(NCc2cccc(Cl)c2)nc1CC. The summed E-state index contributed by atoms with van der Waals surface area (Å²) in [6, 6.07) is 7.71. The van der Waals surface area contributed by atoms with E-state index in [1.54, 1.807) is 0 Å². The molecule has 1 aromatic heterocycles. The first-order valence-electron chi connectivity index (χ1n) is 6.43. The summed E-state index contributed by atoms with van der Waals surface area (Å²) in [6.07, 6.45) is 1.72. The zero-order chi connectivity index (χ0) is 13.7. The van der Waals surface area contributed by atoms with Crippen molar-refractivity contribution in [2.45, 2.75) is 33.2 Å². The van der Waals surface area contributed by atoms with Crippen LogP contribution in [0.5, 0.6) is 0 Å². The second kappa shape index (κ2) is 6.48. The second-order valence-corrected chi connectivity index (χ2v) is 4.66. The lowest BCUT2D eigenvalue weighted by Gasteiger charge is -2.08. The molecule has 0 fully saturated rings. The molecule has 2 aromatic rings. The monoisotopic (exact) mass is 276 g/mol. The molecule has 1 heterocycles. The van der Waals surface area contributed by atoms with E-state index >= 15 is 0 Å². The van der Waals surface area contributed by atoms with E-state index in [0.29, 0.717) is 12.5 Å². The average molecular weight is 277 g/mol. The third-order valence-electron chi connectivity index (χ3n) is 2.85. The van der Waals surface area contributed by atoms with Gasteiger partial charge in [0.25, 0.3) is 0 Å². The first kappa shape index (κ1) is 13.7. The van der Waals surface area contributed by atoms with E-state index in [-0.39, 0.29) is 0 Å². The number of halogens is 1. The van der Waals surface area contributed by atoms with Crippen LogP contribution < -0.4 is 5.32 Å². The van der Waals surface area contributed by atoms with Crippen molar-refractivity contribution < 1.29 is 0 Å². The van der Waals surface area contributed by atoms with Gasteiger partial charge in [-0.2, -0.15) is 5.10 Å². The minimum atomic E-state index is 0.564. The number of anilines is 1. The Balaban J connectivity index is 2.07. The highest BCUT2D eigenvalue weighted by atomic mass is 35.5. The van der Waals surface area contributed by atoms with E-state index in [9.17, 15) is 0 Å². The van der Waals surface area contributed by atoms with Gasteiger partial charge in [-0.3, -0.25) is 0 Å². The van der Waals surface area contributed by atoms with Crippen LogP contribution in [0, 0.1) is 0 Å². The normalized spacial score (nSPS) is 10.5. The van der Waals surface area contributed by atoms with Crippen molar-refractivity contribution in [3.63, 3.8) is 0 Å². The van der Waals surface area contributed by atoms with Gasteiger partial charge in [0.1, 0.15) is 0 Å². The van der Waals surface area contributed by atoms with Crippen molar-refractivity contribution in [1.82, 2.24) is 15.2 Å². The average Bonchev–Trinajstić information content (AvgIpc) is 2.45. The molecule has 1 aromatic carbocycles. The molecule has 0 aliphatic carbocycles. The van der Waals surface area contributed by atoms with Crippen LogP contribution in [0.1, 0.15) is 30.8 Å². The lowest BCUT2D eigenvalue weighted by atomic mass is 10.2. The van der Waals surface area contributed by atoms with Crippen LogP contribution in [0.25, 0.3) is 0 Å². The van der Waals surface area contributed by atoms with Gasteiger partial charge in [0.05, 0.1) is 11.4 Å². The third kappa shape index (κ3) is 3.64. The van der Waals surface area contributed by atoms with E-state index in [1.165, 1.54) is 0 Å². The Bertz CT molecular complexity index is 557. The maximum atomic E-state index is 5.94. The van der Waals surface area contributed by atoms with Crippen LogP contribution in [0.4, 0.5) is 5.95 Å². The summed E-state index contributed by atoms with van der Waals surface area (Å²) in [4.78, 5) is 4.48. The van der Waals surface area contributed by atoms with Crippen LogP contribution in [-0.2, 0) is 19.4 Å². The lowest BCUT2D eigenvalue weighted by molar-refractivity contribution is 0.819. The highest BCUT2D eigenvalue weighted by molar-refractivity contribution is 6.30. The van der Waals surface area contributed by atoms with Crippen molar-refractivity contribution >= 4 is 17.5 Å². The van der Waals surface area contributed by atoms with Gasteiger partial charge in [-0.25, -0.2) is 4.98 Å². The minimum absolute atomic E-state index is 0.564. The van der Waals surface area contributed by atoms with Gasteiger partial charge in [-0.15, -0.1) is 5.10 Å². The van der Waals surface area contributed by atoms with Crippen LogP contribution in [0.3, 0.4) is 0 Å². The first-order chi connectivity index (χ1) is 9.22. The summed E-state index contributed by atoms with van der Waals surface area (Å²) in [6.45, 7) is 4.77. The number of aromatic nitrogens is 3. The molecule has 0 radical (unpaired) electrons. The fourth-order valence-electron chi connectivity index (χ4n) is 1.84. The Morgan fingerprint density at radius 1 is 1.11 bits per heavy atom. The standard InChI is InChI=1S/C14H17ClN4/c1-3-12-13(4-2)18-19-14(17-12)16-9-10-6-5-7-11(15)8-10/h5-8H,3-4,9H2,1-2H3,(H,16,17,19). The van der Waals surface area contributed by atoms with Crippen molar-refractivity contribution in [2.75, 3.05) is 5.32 Å². The number of aryl methyl sites for hydroxylation is 2. The van der Waals surface area contributed by atoms with E-state index in [1.807, 2.05) is 24.3 Å². The Morgan fingerprint density at radius 2 is 1.89 bits per heavy atom. The highest BCUT2D eigenvalue weighted by Gasteiger charge is 2.05. The van der Waals surface area contributed by atoms with Gasteiger partial charge < -0.3 is 5.32 Å². The summed E-state index contributed by atoms with van der Waals surface area (Å²) < 4.78 is 0. The summed E-state index contributed by atoms with van der Waals surface area (Å²) >= 11 is 5.94. The first-order valence-corrected chi connectivity index (χ1v) is 6.81. The van der Waals surface area contributed by atoms with Crippen molar-refractivity contribution in [3.8, 4) is 0 Å². The summed E-state index contributed by atoms with van der Waals surface area (Å²) in [7, 11) is 0. The van der Waals surface area contributed by atoms with Crippen molar-refractivity contribution in [1.29, 1.82) is 0 Å². The molecular formula is C14H17ClN4. The summed E-state index contributed by atoms with van der Waals surface area (Å²) in [5.41, 5.74) is 3.07. The lowest BCUT2D eigenvalue weighted by Crippen LogP contribution is -2.09. The molecule has 2 rings (SSSR count). The van der Waals surface area contributed by atoms with Gasteiger partial charge in [-0.1, -0.05) is 37.6 Å². The molecule has 0 saturated heterocycles. The fourth-order valence-corrected chi connectivity index (χ4v) is 2.05. The molecule has 1 N–H and O–H groups in total. The topological polar surface area (TPSA) is 50.7 Å². The third-order valence-corrected chi connectivity index (χ3v) is 3.08. The van der Waals surface area contributed by atoms with Gasteiger partial charge in [0, 0.05) is 11.6 Å². The van der Waals surface area contributed by atoms with E-state index in [0.717, 1.165) is 34.8 Å². The molecule has 0 spiro atoms. The summed E-state index contributed by atoms with van der Waals surface area (Å²) in [5.74, 6) is 0.564. The molecule has 0 unspecified atom stereocenters. The molecule has 0 saturated carbocycles. The highest BCUT2D eigenvalue weighted by Crippen LogP contribution is 2.12. The van der Waals surface area contributed by atoms with E-state index in [2.05, 4.69) is 34.3 Å². The Labute approximate surface area is 118 Å². The van der Waals surface area contributed by atoms with Gasteiger partial charge >= 0.3 is 0 Å². The quantitative estimate of drug-likeness (QED) is 0.911. The molecule has 100 valence electrons. The maximum absolute atomic E-state index is 5.94. The van der Waals surface area contributed by atoms with Crippen LogP contribution >= 0.6 is 11.6 Å². The van der Waals surface area contributed by atoms with Crippen LogP contribution in [0.2, 0.25) is 5.02 Å². The molecule has 5 heteroatoms. The molecule has 0 aliphatic rings. The Kier molecular flexibility index (Phi) is 4.68. The summed E-state index contributed by atoms with van der Waals surface area (Å²) in [5, 5.41) is 12.2. The van der Waals surface area contributed by atoms with Gasteiger partial charge in [-0.05, 0) is 30.5 Å². The van der Waals surface area contributed by atoms with E-state index < -0.39 is 0 Å². The van der Waals surface area contributed by atoms with Gasteiger partial charge in [0.2, 0.25) is 5.95 Å². The molecule has 0 amide bonds. The zero-order valence-electron chi connectivity index (χ0n) is 11.2. The zero-order valence-corrected chi connectivity index (χ0v) is 11.9. The maximum Gasteiger partial charge on any atom is 0.243 e. The van der Waals surface area contributed by atoms with Crippen molar-refractivity contribution in [3.05, 3.63) is 46.2 Å². The number of hydrogen-bond acceptors (Lipinski definition) is 4. The van der Waals surface area contributed by atoms with Gasteiger partial charge in [0.15, 0.2) is 0 Å². The molecule has 4 nitrogen and oxygen atoms in total. The number of hydrogen-bond donors (Lipinski definition) is 1. The number of benzene rings is 1. The molecule has 0 bridgehead atoms. The van der Waals surface area contributed by atoms with Crippen LogP contribution in [0.15, 0.2) is 24.3 Å². The second-order valence-electron chi connectivity index (χ2n) is 4.22. The van der Waals surface area contributed by atoms with Crippen molar-refractivity contribution in [2.24, 2.45) is 0 Å². The number of nitrogens with one attached hydrogen (secondary N) is 1. The number of rotatable bonds is 5. The smallest absolute Gasteiger partial charge is 0.243 e.